The number of halogens is 5. The van der Waals surface area contributed by atoms with Crippen molar-refractivity contribution in [2.75, 3.05) is 12.4 Å². The number of H-pyrrole nitrogens is 1. The van der Waals surface area contributed by atoms with E-state index in [2.05, 4.69) is 10.3 Å². The van der Waals surface area contributed by atoms with Crippen LogP contribution in [-0.2, 0) is 6.18 Å². The lowest BCUT2D eigenvalue weighted by molar-refractivity contribution is -0.140. The van der Waals surface area contributed by atoms with Crippen LogP contribution in [0.2, 0.25) is 0 Å². The molecule has 0 spiro atoms. The third-order valence-electron chi connectivity index (χ3n) is 5.02. The molecule has 2 aromatic carbocycles. The average molecular weight is 478 g/mol. The van der Waals surface area contributed by atoms with Crippen molar-refractivity contribution in [3.8, 4) is 16.9 Å². The number of ether oxygens (including phenoxy) is 1. The van der Waals surface area contributed by atoms with Crippen molar-refractivity contribution in [3.63, 3.8) is 0 Å². The zero-order valence-corrected chi connectivity index (χ0v) is 17.6. The lowest BCUT2D eigenvalue weighted by Gasteiger charge is -2.11. The van der Waals surface area contributed by atoms with Crippen molar-refractivity contribution >= 4 is 17.2 Å². The van der Waals surface area contributed by atoms with Gasteiger partial charge in [0.15, 0.2) is 17.3 Å². The summed E-state index contributed by atoms with van der Waals surface area (Å²) < 4.78 is 73.9. The Balaban J connectivity index is 1.89. The largest absolute Gasteiger partial charge is 0.494 e. The second-order valence-electron chi connectivity index (χ2n) is 7.18. The van der Waals surface area contributed by atoms with E-state index in [0.29, 0.717) is 16.6 Å². The molecule has 34 heavy (non-hydrogen) atoms. The summed E-state index contributed by atoms with van der Waals surface area (Å²) >= 11 is 0. The Kier molecular flexibility index (Phi) is 5.59. The molecule has 0 fully saturated rings. The standard InChI is InChI=1S/C22H15F5N4O3/c1-10-16(20(32)29-14-8-12(23)13(24)9-15(14)34-2)21(33)31-19(28-10)17(11-6-4-3-5-7-11)18(30-31)22(25,26)27/h3-9,30H,1-2H3,(H,29,32). The first-order chi connectivity index (χ1) is 16.0. The number of nitrogens with one attached hydrogen (secondary N) is 2. The molecule has 0 saturated heterocycles. The Bertz CT molecular complexity index is 1480. The minimum absolute atomic E-state index is 0.156. The van der Waals surface area contributed by atoms with Gasteiger partial charge in [-0.2, -0.15) is 17.7 Å². The zero-order valence-electron chi connectivity index (χ0n) is 17.6. The summed E-state index contributed by atoms with van der Waals surface area (Å²) in [4.78, 5) is 30.0. The van der Waals surface area contributed by atoms with E-state index in [4.69, 9.17) is 4.74 Å². The summed E-state index contributed by atoms with van der Waals surface area (Å²) in [5, 5.41) is 4.21. The summed E-state index contributed by atoms with van der Waals surface area (Å²) in [6.07, 6.45) is -4.86. The fraction of sp³-hybridized carbons (Fsp3) is 0.136. The van der Waals surface area contributed by atoms with Gasteiger partial charge in [0.2, 0.25) is 0 Å². The second kappa shape index (κ2) is 8.28. The molecule has 0 saturated carbocycles. The molecule has 0 aliphatic heterocycles. The third kappa shape index (κ3) is 3.87. The van der Waals surface area contributed by atoms with Crippen LogP contribution < -0.4 is 15.6 Å². The van der Waals surface area contributed by atoms with Gasteiger partial charge in [0.25, 0.3) is 11.5 Å². The van der Waals surface area contributed by atoms with Gasteiger partial charge in [0, 0.05) is 12.1 Å². The van der Waals surface area contributed by atoms with E-state index < -0.39 is 40.5 Å². The Hall–Kier alpha value is -4.22. The number of carbonyl (C=O) groups is 1. The molecule has 0 aliphatic carbocycles. The number of aromatic amines is 1. The number of anilines is 1. The fourth-order valence-corrected chi connectivity index (χ4v) is 3.50. The number of aryl methyl sites for hydroxylation is 1. The number of hydrogen-bond acceptors (Lipinski definition) is 4. The van der Waals surface area contributed by atoms with Crippen LogP contribution in [0.1, 0.15) is 21.7 Å². The van der Waals surface area contributed by atoms with Crippen molar-refractivity contribution in [2.45, 2.75) is 13.1 Å². The lowest BCUT2D eigenvalue weighted by atomic mass is 10.1. The number of carbonyl (C=O) groups excluding carboxylic acids is 1. The molecule has 0 radical (unpaired) electrons. The normalized spacial score (nSPS) is 11.6. The number of aromatic nitrogens is 3. The van der Waals surface area contributed by atoms with Gasteiger partial charge in [-0.15, -0.1) is 0 Å². The number of amides is 1. The molecule has 0 bridgehead atoms. The lowest BCUT2D eigenvalue weighted by Crippen LogP contribution is -2.29. The molecule has 176 valence electrons. The molecule has 2 aromatic heterocycles. The topological polar surface area (TPSA) is 88.5 Å². The maximum Gasteiger partial charge on any atom is 0.433 e. The number of fused-ring (bicyclic) bond motifs is 1. The van der Waals surface area contributed by atoms with Gasteiger partial charge in [-0.25, -0.2) is 13.8 Å². The maximum absolute atomic E-state index is 13.8. The molecule has 0 atom stereocenters. The van der Waals surface area contributed by atoms with Gasteiger partial charge in [0.05, 0.1) is 24.1 Å². The molecule has 7 nitrogen and oxygen atoms in total. The smallest absolute Gasteiger partial charge is 0.433 e. The maximum atomic E-state index is 13.8. The molecular formula is C22H15F5N4O3. The number of rotatable bonds is 4. The number of benzene rings is 2. The first-order valence-electron chi connectivity index (χ1n) is 9.65. The van der Waals surface area contributed by atoms with Crippen molar-refractivity contribution in [3.05, 3.63) is 81.4 Å². The summed E-state index contributed by atoms with van der Waals surface area (Å²) in [5.74, 6) is -3.85. The average Bonchev–Trinajstić information content (AvgIpc) is 3.17. The highest BCUT2D eigenvalue weighted by molar-refractivity contribution is 6.05. The predicted octanol–water partition coefficient (Wildman–Crippen LogP) is 4.56. The van der Waals surface area contributed by atoms with Crippen molar-refractivity contribution in [1.82, 2.24) is 14.6 Å². The minimum Gasteiger partial charge on any atom is -0.494 e. The number of hydrogen-bond donors (Lipinski definition) is 2. The predicted molar refractivity (Wildman–Crippen MR) is 112 cm³/mol. The first kappa shape index (κ1) is 23.0. The van der Waals surface area contributed by atoms with Gasteiger partial charge in [0.1, 0.15) is 17.0 Å². The Labute approximate surface area is 187 Å². The van der Waals surface area contributed by atoms with E-state index in [1.807, 2.05) is 5.10 Å². The van der Waals surface area contributed by atoms with Crippen molar-refractivity contribution in [2.24, 2.45) is 0 Å². The van der Waals surface area contributed by atoms with Gasteiger partial charge in [-0.1, -0.05) is 30.3 Å². The molecule has 0 unspecified atom stereocenters. The van der Waals surface area contributed by atoms with Crippen LogP contribution in [0.3, 0.4) is 0 Å². The first-order valence-corrected chi connectivity index (χ1v) is 9.65. The Morgan fingerprint density at radius 1 is 1.12 bits per heavy atom. The highest BCUT2D eigenvalue weighted by Gasteiger charge is 2.38. The Morgan fingerprint density at radius 2 is 1.76 bits per heavy atom. The van der Waals surface area contributed by atoms with Gasteiger partial charge < -0.3 is 10.1 Å². The Morgan fingerprint density at radius 3 is 2.38 bits per heavy atom. The molecule has 4 rings (SSSR count). The van der Waals surface area contributed by atoms with Crippen LogP contribution in [0.5, 0.6) is 5.75 Å². The van der Waals surface area contributed by atoms with Gasteiger partial charge >= 0.3 is 6.18 Å². The molecule has 2 heterocycles. The zero-order chi connectivity index (χ0) is 24.8. The summed E-state index contributed by atoms with van der Waals surface area (Å²) in [5.41, 5.74) is -3.93. The quantitative estimate of drug-likeness (QED) is 0.421. The van der Waals surface area contributed by atoms with Gasteiger partial charge in [-0.05, 0) is 12.5 Å². The van der Waals surface area contributed by atoms with E-state index in [9.17, 15) is 31.5 Å². The van der Waals surface area contributed by atoms with Crippen LogP contribution >= 0.6 is 0 Å². The molecular weight excluding hydrogens is 463 g/mol. The van der Waals surface area contributed by atoms with Crippen molar-refractivity contribution < 1.29 is 31.5 Å². The SMILES string of the molecule is COc1cc(F)c(F)cc1NC(=O)c1c(C)nc2c(-c3ccccc3)c(C(F)(F)F)[nH]n2c1=O. The fourth-order valence-electron chi connectivity index (χ4n) is 3.50. The third-order valence-corrected chi connectivity index (χ3v) is 5.02. The highest BCUT2D eigenvalue weighted by atomic mass is 19.4. The van der Waals surface area contributed by atoms with Crippen LogP contribution in [0.4, 0.5) is 27.6 Å². The van der Waals surface area contributed by atoms with Crippen LogP contribution in [0.25, 0.3) is 16.8 Å². The van der Waals surface area contributed by atoms with Crippen LogP contribution in [0, 0.1) is 18.6 Å². The van der Waals surface area contributed by atoms with E-state index in [1.54, 1.807) is 6.07 Å². The van der Waals surface area contributed by atoms with Gasteiger partial charge in [-0.3, -0.25) is 14.7 Å². The minimum atomic E-state index is -4.86. The molecule has 1 amide bonds. The van der Waals surface area contributed by atoms with E-state index in [-0.39, 0.29) is 33.9 Å². The monoisotopic (exact) mass is 478 g/mol. The van der Waals surface area contributed by atoms with Crippen LogP contribution in [-0.4, -0.2) is 27.6 Å². The number of alkyl halides is 3. The van der Waals surface area contributed by atoms with E-state index in [1.165, 1.54) is 31.2 Å². The summed E-state index contributed by atoms with van der Waals surface area (Å²) in [7, 11) is 1.15. The molecule has 4 aromatic rings. The van der Waals surface area contributed by atoms with Crippen LogP contribution in [0.15, 0.2) is 47.3 Å². The summed E-state index contributed by atoms with van der Waals surface area (Å²) in [6, 6.07) is 8.87. The summed E-state index contributed by atoms with van der Waals surface area (Å²) in [6.45, 7) is 1.27. The van der Waals surface area contributed by atoms with E-state index >= 15 is 0 Å². The van der Waals surface area contributed by atoms with E-state index in [0.717, 1.165) is 7.11 Å². The number of methoxy groups -OCH3 is 1. The number of nitrogens with zero attached hydrogens (tertiary/aromatic N) is 2. The highest BCUT2D eigenvalue weighted by Crippen LogP contribution is 2.38. The second-order valence-corrected chi connectivity index (χ2v) is 7.18. The molecule has 2 N–H and O–H groups in total. The molecule has 0 aliphatic rings. The van der Waals surface area contributed by atoms with Crippen molar-refractivity contribution in [1.29, 1.82) is 0 Å². The molecule has 12 heteroatoms.